The smallest absolute Gasteiger partial charge is 0.153 e. The molecule has 1 fully saturated rings. The summed E-state index contributed by atoms with van der Waals surface area (Å²) < 4.78 is 4.19. The minimum Gasteiger partial charge on any atom is -0.382 e. The zero-order chi connectivity index (χ0) is 13.7. The first-order valence-corrected chi connectivity index (χ1v) is 8.99. The van der Waals surface area contributed by atoms with Crippen LogP contribution in [0.3, 0.4) is 0 Å². The highest BCUT2D eigenvalue weighted by molar-refractivity contribution is 7.99. The van der Waals surface area contributed by atoms with E-state index in [2.05, 4.69) is 21.5 Å². The van der Waals surface area contributed by atoms with E-state index >= 15 is 0 Å². The molecule has 108 valence electrons. The van der Waals surface area contributed by atoms with E-state index in [0.717, 1.165) is 22.5 Å². The Hall–Kier alpha value is -0.460. The van der Waals surface area contributed by atoms with Gasteiger partial charge in [0.2, 0.25) is 0 Å². The van der Waals surface area contributed by atoms with Gasteiger partial charge in [-0.05, 0) is 50.5 Å². The largest absolute Gasteiger partial charge is 0.382 e. The highest BCUT2D eigenvalue weighted by Gasteiger charge is 2.17. The lowest BCUT2D eigenvalue weighted by molar-refractivity contribution is 0.160. The molecule has 0 radical (unpaired) electrons. The summed E-state index contributed by atoms with van der Waals surface area (Å²) in [4.78, 5) is 3.71. The van der Waals surface area contributed by atoms with E-state index in [1.165, 1.54) is 50.3 Å². The second kappa shape index (κ2) is 7.36. The number of hydrogen-bond donors (Lipinski definition) is 2. The van der Waals surface area contributed by atoms with Crippen LogP contribution in [0, 0.1) is 0 Å². The molecule has 1 atom stereocenters. The fraction of sp³-hybridized carbons (Fsp3) is 0.769. The van der Waals surface area contributed by atoms with Crippen LogP contribution in [0.25, 0.3) is 0 Å². The molecule has 4 nitrogen and oxygen atoms in total. The molecular formula is C13H24N4S2. The van der Waals surface area contributed by atoms with Crippen LogP contribution in [0.15, 0.2) is 4.90 Å². The van der Waals surface area contributed by atoms with Crippen LogP contribution in [0.1, 0.15) is 32.6 Å². The van der Waals surface area contributed by atoms with Crippen LogP contribution in [0.2, 0.25) is 0 Å². The Morgan fingerprint density at radius 1 is 1.53 bits per heavy atom. The molecule has 19 heavy (non-hydrogen) atoms. The van der Waals surface area contributed by atoms with Crippen molar-refractivity contribution in [1.29, 1.82) is 0 Å². The normalized spacial score (nSPS) is 20.6. The molecule has 1 saturated heterocycles. The van der Waals surface area contributed by atoms with Crippen LogP contribution < -0.4 is 11.1 Å². The Labute approximate surface area is 124 Å². The lowest BCUT2D eigenvalue weighted by atomic mass is 10.0. The molecule has 6 heteroatoms. The molecule has 2 heterocycles. The summed E-state index contributed by atoms with van der Waals surface area (Å²) in [5, 5.41) is 4.59. The highest BCUT2D eigenvalue weighted by Crippen LogP contribution is 2.34. The van der Waals surface area contributed by atoms with Crippen molar-refractivity contribution >= 4 is 34.1 Å². The van der Waals surface area contributed by atoms with Crippen molar-refractivity contribution in [2.24, 2.45) is 0 Å². The number of nitrogens with two attached hydrogens (primary N) is 1. The van der Waals surface area contributed by atoms with Crippen molar-refractivity contribution in [3.8, 4) is 0 Å². The highest BCUT2D eigenvalue weighted by atomic mass is 32.2. The first-order chi connectivity index (χ1) is 9.22. The molecule has 0 aromatic carbocycles. The maximum absolute atomic E-state index is 5.82. The quantitative estimate of drug-likeness (QED) is 0.624. The number of rotatable bonds is 6. The number of hydrogen-bond acceptors (Lipinski definition) is 6. The lowest BCUT2D eigenvalue weighted by Gasteiger charge is -2.33. The van der Waals surface area contributed by atoms with Crippen molar-refractivity contribution in [3.05, 3.63) is 0 Å². The van der Waals surface area contributed by atoms with Crippen LogP contribution in [0.5, 0.6) is 0 Å². The maximum atomic E-state index is 5.82. The molecular weight excluding hydrogens is 276 g/mol. The summed E-state index contributed by atoms with van der Waals surface area (Å²) >= 11 is 3.13. The summed E-state index contributed by atoms with van der Waals surface area (Å²) in [6.07, 6.45) is 7.33. The second-order valence-electron chi connectivity index (χ2n) is 5.09. The minimum atomic E-state index is 0.657. The zero-order valence-electron chi connectivity index (χ0n) is 11.8. The number of anilines is 2. The monoisotopic (exact) mass is 300 g/mol. The number of nitrogens with one attached hydrogen (secondary N) is 1. The van der Waals surface area contributed by atoms with Gasteiger partial charge in [0.25, 0.3) is 0 Å². The third-order valence-corrected chi connectivity index (χ3v) is 5.50. The van der Waals surface area contributed by atoms with Crippen LogP contribution in [-0.4, -0.2) is 41.2 Å². The van der Waals surface area contributed by atoms with Crippen molar-refractivity contribution < 1.29 is 0 Å². The predicted molar refractivity (Wildman–Crippen MR) is 86.3 cm³/mol. The topological polar surface area (TPSA) is 54.2 Å². The average Bonchev–Trinajstić information content (AvgIpc) is 2.77. The third-order valence-electron chi connectivity index (χ3n) is 3.73. The number of thioether (sulfide) groups is 1. The van der Waals surface area contributed by atoms with E-state index in [4.69, 9.17) is 5.73 Å². The molecule has 0 aliphatic carbocycles. The molecule has 1 aliphatic rings. The standard InChI is InChI=1S/C13H24N4S2/c1-10-6-3-4-8-17(10)9-5-7-15-13-11(18-2)12(14)16-19-13/h10,15H,3-9H2,1-2H3,(H2,14,16). The van der Waals surface area contributed by atoms with E-state index in [-0.39, 0.29) is 0 Å². The van der Waals surface area contributed by atoms with Gasteiger partial charge in [0.05, 0.1) is 4.90 Å². The Balaban J connectivity index is 1.71. The molecule has 3 N–H and O–H groups in total. The molecule has 2 rings (SSSR count). The van der Waals surface area contributed by atoms with E-state index in [1.54, 1.807) is 11.8 Å². The summed E-state index contributed by atoms with van der Waals surface area (Å²) in [6, 6.07) is 0.759. The fourth-order valence-corrected chi connectivity index (χ4v) is 4.14. The molecule has 1 aromatic rings. The minimum absolute atomic E-state index is 0.657. The molecule has 0 spiro atoms. The predicted octanol–water partition coefficient (Wildman–Crippen LogP) is 3.12. The molecule has 1 unspecified atom stereocenters. The van der Waals surface area contributed by atoms with Gasteiger partial charge in [0.1, 0.15) is 5.00 Å². The van der Waals surface area contributed by atoms with Crippen molar-refractivity contribution in [2.75, 3.05) is 36.9 Å². The van der Waals surface area contributed by atoms with Gasteiger partial charge in [-0.3, -0.25) is 0 Å². The summed E-state index contributed by atoms with van der Waals surface area (Å²) in [5.41, 5.74) is 5.82. The van der Waals surface area contributed by atoms with Crippen LogP contribution in [-0.2, 0) is 0 Å². The van der Waals surface area contributed by atoms with Crippen molar-refractivity contribution in [1.82, 2.24) is 9.27 Å². The summed E-state index contributed by atoms with van der Waals surface area (Å²) in [5.74, 6) is 0.657. The maximum Gasteiger partial charge on any atom is 0.153 e. The van der Waals surface area contributed by atoms with E-state index < -0.39 is 0 Å². The molecule has 0 amide bonds. The number of piperidine rings is 1. The van der Waals surface area contributed by atoms with Gasteiger partial charge in [-0.1, -0.05) is 6.42 Å². The number of likely N-dealkylation sites (tertiary alicyclic amines) is 1. The Morgan fingerprint density at radius 2 is 2.37 bits per heavy atom. The molecule has 1 aromatic heterocycles. The van der Waals surface area contributed by atoms with Gasteiger partial charge in [-0.25, -0.2) is 0 Å². The Kier molecular flexibility index (Phi) is 5.78. The number of nitrogen functional groups attached to an aromatic ring is 1. The van der Waals surface area contributed by atoms with Crippen LogP contribution >= 0.6 is 23.3 Å². The Morgan fingerprint density at radius 3 is 3.11 bits per heavy atom. The second-order valence-corrected chi connectivity index (χ2v) is 6.68. The van der Waals surface area contributed by atoms with Gasteiger partial charge in [-0.15, -0.1) is 11.8 Å². The van der Waals surface area contributed by atoms with Gasteiger partial charge >= 0.3 is 0 Å². The molecule has 0 bridgehead atoms. The van der Waals surface area contributed by atoms with Gasteiger partial charge < -0.3 is 16.0 Å². The zero-order valence-corrected chi connectivity index (χ0v) is 13.4. The first-order valence-electron chi connectivity index (χ1n) is 6.99. The molecule has 1 aliphatic heterocycles. The van der Waals surface area contributed by atoms with E-state index in [0.29, 0.717) is 5.82 Å². The first kappa shape index (κ1) is 14.9. The van der Waals surface area contributed by atoms with Gasteiger partial charge in [-0.2, -0.15) is 4.37 Å². The SMILES string of the molecule is CSc1c(N)nsc1NCCCN1CCCCC1C. The molecule has 0 saturated carbocycles. The number of aromatic nitrogens is 1. The summed E-state index contributed by atoms with van der Waals surface area (Å²) in [7, 11) is 0. The number of nitrogens with zero attached hydrogens (tertiary/aromatic N) is 2. The van der Waals surface area contributed by atoms with Crippen LogP contribution in [0.4, 0.5) is 10.8 Å². The summed E-state index contributed by atoms with van der Waals surface area (Å²) in [6.45, 7) is 5.81. The van der Waals surface area contributed by atoms with Crippen molar-refractivity contribution in [3.63, 3.8) is 0 Å². The average molecular weight is 300 g/mol. The third kappa shape index (κ3) is 4.00. The van der Waals surface area contributed by atoms with E-state index in [1.807, 2.05) is 6.26 Å². The lowest BCUT2D eigenvalue weighted by Crippen LogP contribution is -2.38. The fourth-order valence-electron chi connectivity index (χ4n) is 2.58. The van der Waals surface area contributed by atoms with Gasteiger partial charge in [0.15, 0.2) is 5.82 Å². The van der Waals surface area contributed by atoms with Crippen molar-refractivity contribution in [2.45, 2.75) is 43.5 Å². The van der Waals surface area contributed by atoms with E-state index in [9.17, 15) is 0 Å². The Bertz CT molecular complexity index is 394. The van der Waals surface area contributed by atoms with Gasteiger partial charge in [0, 0.05) is 19.1 Å².